The highest BCUT2D eigenvalue weighted by atomic mass is 79.9. The summed E-state index contributed by atoms with van der Waals surface area (Å²) >= 11 is 6.51. The van der Waals surface area contributed by atoms with Gasteiger partial charge in [-0.15, -0.1) is 0 Å². The van der Waals surface area contributed by atoms with Crippen LogP contribution in [0.4, 0.5) is 0 Å². The molecule has 3 nitrogen and oxygen atoms in total. The van der Waals surface area contributed by atoms with E-state index < -0.39 is 10.0 Å². The third-order valence-corrected chi connectivity index (χ3v) is 4.86. The van der Waals surface area contributed by atoms with Crippen molar-refractivity contribution in [2.45, 2.75) is 25.7 Å². The van der Waals surface area contributed by atoms with E-state index in [1.165, 1.54) is 0 Å². The van der Waals surface area contributed by atoms with Crippen LogP contribution in [0, 0.1) is 5.41 Å². The van der Waals surface area contributed by atoms with E-state index in [1.807, 2.05) is 20.8 Å². The number of benzene rings is 1. The first-order valence-electron chi connectivity index (χ1n) is 5.06. The Kier molecular flexibility index (Phi) is 4.80. The quantitative estimate of drug-likeness (QED) is 0.866. The Morgan fingerprint density at radius 2 is 1.82 bits per heavy atom. The molecule has 0 amide bonds. The van der Waals surface area contributed by atoms with E-state index in [-0.39, 0.29) is 10.3 Å². The van der Waals surface area contributed by atoms with Gasteiger partial charge in [0.25, 0.3) is 0 Å². The van der Waals surface area contributed by atoms with Crippen molar-refractivity contribution in [2.24, 2.45) is 5.41 Å². The molecule has 17 heavy (non-hydrogen) atoms. The van der Waals surface area contributed by atoms with Crippen LogP contribution in [0.5, 0.6) is 0 Å². The van der Waals surface area contributed by atoms with Gasteiger partial charge < -0.3 is 0 Å². The first kappa shape index (κ1) is 15.1. The Morgan fingerprint density at radius 1 is 1.24 bits per heavy atom. The van der Waals surface area contributed by atoms with Gasteiger partial charge in [0.05, 0.1) is 4.90 Å². The van der Waals surface area contributed by atoms with Crippen molar-refractivity contribution in [2.75, 3.05) is 6.54 Å². The maximum absolute atomic E-state index is 12.1. The van der Waals surface area contributed by atoms with Crippen LogP contribution in [0.2, 0.25) is 0 Å². The summed E-state index contributed by atoms with van der Waals surface area (Å²) in [6.45, 7) is 6.33. The van der Waals surface area contributed by atoms with E-state index in [2.05, 4.69) is 36.6 Å². The molecule has 0 saturated heterocycles. The van der Waals surface area contributed by atoms with Crippen LogP contribution in [-0.2, 0) is 10.0 Å². The Bertz CT molecular complexity index is 507. The highest BCUT2D eigenvalue weighted by molar-refractivity contribution is 9.11. The maximum atomic E-state index is 12.1. The summed E-state index contributed by atoms with van der Waals surface area (Å²) in [6, 6.07) is 5.07. The summed E-state index contributed by atoms with van der Waals surface area (Å²) in [5, 5.41) is 0. The second-order valence-electron chi connectivity index (χ2n) is 4.96. The summed E-state index contributed by atoms with van der Waals surface area (Å²) in [5.74, 6) is 0. The molecule has 0 aromatic heterocycles. The Balaban J connectivity index is 3.02. The van der Waals surface area contributed by atoms with Gasteiger partial charge in [0, 0.05) is 15.5 Å². The third kappa shape index (κ3) is 4.69. The van der Waals surface area contributed by atoms with Crippen LogP contribution in [0.3, 0.4) is 0 Å². The molecule has 1 N–H and O–H groups in total. The molecule has 0 aliphatic carbocycles. The second kappa shape index (κ2) is 5.38. The lowest BCUT2D eigenvalue weighted by atomic mass is 9.98. The number of hydrogen-bond acceptors (Lipinski definition) is 2. The molecule has 1 aromatic rings. The van der Waals surface area contributed by atoms with Crippen molar-refractivity contribution < 1.29 is 8.42 Å². The molecular weight excluding hydrogens is 370 g/mol. The molecule has 96 valence electrons. The highest BCUT2D eigenvalue weighted by Gasteiger charge is 2.20. The van der Waals surface area contributed by atoms with Gasteiger partial charge in [-0.2, -0.15) is 0 Å². The van der Waals surface area contributed by atoms with Gasteiger partial charge in [0.2, 0.25) is 10.0 Å². The van der Waals surface area contributed by atoms with E-state index >= 15 is 0 Å². The monoisotopic (exact) mass is 383 g/mol. The zero-order chi connectivity index (χ0) is 13.3. The smallest absolute Gasteiger partial charge is 0.211 e. The van der Waals surface area contributed by atoms with Crippen LogP contribution in [0.1, 0.15) is 20.8 Å². The predicted molar refractivity (Wildman–Crippen MR) is 76.5 cm³/mol. The van der Waals surface area contributed by atoms with Crippen molar-refractivity contribution in [1.82, 2.24) is 4.72 Å². The lowest BCUT2D eigenvalue weighted by Gasteiger charge is -2.19. The van der Waals surface area contributed by atoms with E-state index in [1.54, 1.807) is 18.2 Å². The summed E-state index contributed by atoms with van der Waals surface area (Å²) in [5.41, 5.74) is -0.0917. The highest BCUT2D eigenvalue weighted by Crippen LogP contribution is 2.26. The zero-order valence-corrected chi connectivity index (χ0v) is 13.9. The van der Waals surface area contributed by atoms with Crippen LogP contribution >= 0.6 is 31.9 Å². The minimum atomic E-state index is -3.47. The topological polar surface area (TPSA) is 46.2 Å². The van der Waals surface area contributed by atoms with Gasteiger partial charge >= 0.3 is 0 Å². The van der Waals surface area contributed by atoms with Gasteiger partial charge in [-0.05, 0) is 39.5 Å². The summed E-state index contributed by atoms with van der Waals surface area (Å²) in [6.07, 6.45) is 0. The normalized spacial score (nSPS) is 12.8. The van der Waals surface area contributed by atoms with Crippen molar-refractivity contribution >= 4 is 41.9 Å². The average molecular weight is 385 g/mol. The molecule has 0 heterocycles. The zero-order valence-electron chi connectivity index (χ0n) is 9.92. The Morgan fingerprint density at radius 3 is 2.35 bits per heavy atom. The number of nitrogens with one attached hydrogen (secondary N) is 1. The van der Waals surface area contributed by atoms with Gasteiger partial charge in [0.1, 0.15) is 0 Å². The van der Waals surface area contributed by atoms with Crippen molar-refractivity contribution in [3.63, 3.8) is 0 Å². The average Bonchev–Trinajstić information content (AvgIpc) is 2.18. The molecule has 0 bridgehead atoms. The van der Waals surface area contributed by atoms with Gasteiger partial charge in [-0.25, -0.2) is 13.1 Å². The first-order chi connectivity index (χ1) is 7.62. The van der Waals surface area contributed by atoms with E-state index in [0.717, 1.165) is 4.47 Å². The maximum Gasteiger partial charge on any atom is 0.241 e. The molecule has 1 rings (SSSR count). The minimum absolute atomic E-state index is 0.0917. The summed E-state index contributed by atoms with van der Waals surface area (Å²) < 4.78 is 28.1. The molecular formula is C11H15Br2NO2S. The molecule has 1 aromatic carbocycles. The lowest BCUT2D eigenvalue weighted by molar-refractivity contribution is 0.407. The SMILES string of the molecule is CC(C)(C)CNS(=O)(=O)c1cc(Br)ccc1Br. The van der Waals surface area contributed by atoms with Crippen molar-refractivity contribution in [3.05, 3.63) is 27.1 Å². The number of rotatable bonds is 3. The molecule has 0 aliphatic rings. The van der Waals surface area contributed by atoms with E-state index in [0.29, 0.717) is 11.0 Å². The fraction of sp³-hybridized carbons (Fsp3) is 0.455. The van der Waals surface area contributed by atoms with Crippen LogP contribution < -0.4 is 4.72 Å². The molecule has 0 radical (unpaired) electrons. The van der Waals surface area contributed by atoms with Crippen molar-refractivity contribution in [1.29, 1.82) is 0 Å². The fourth-order valence-corrected chi connectivity index (χ4v) is 3.86. The summed E-state index contributed by atoms with van der Waals surface area (Å²) in [7, 11) is -3.47. The molecule has 0 unspecified atom stereocenters. The molecule has 0 spiro atoms. The molecule has 0 fully saturated rings. The Labute approximate surface area is 119 Å². The van der Waals surface area contributed by atoms with E-state index in [9.17, 15) is 8.42 Å². The lowest BCUT2D eigenvalue weighted by Crippen LogP contribution is -2.32. The number of hydrogen-bond donors (Lipinski definition) is 1. The van der Waals surface area contributed by atoms with Crippen LogP contribution in [0.25, 0.3) is 0 Å². The van der Waals surface area contributed by atoms with Gasteiger partial charge in [-0.3, -0.25) is 0 Å². The first-order valence-corrected chi connectivity index (χ1v) is 8.13. The molecule has 0 saturated carbocycles. The van der Waals surface area contributed by atoms with Gasteiger partial charge in [-0.1, -0.05) is 36.7 Å². The number of sulfonamides is 1. The van der Waals surface area contributed by atoms with E-state index in [4.69, 9.17) is 0 Å². The Hall–Kier alpha value is 0.0900. The fourth-order valence-electron chi connectivity index (χ4n) is 1.07. The van der Waals surface area contributed by atoms with Crippen LogP contribution in [-0.4, -0.2) is 15.0 Å². The minimum Gasteiger partial charge on any atom is -0.211 e. The van der Waals surface area contributed by atoms with Gasteiger partial charge in [0.15, 0.2) is 0 Å². The molecule has 0 aliphatic heterocycles. The number of halogens is 2. The van der Waals surface area contributed by atoms with Crippen LogP contribution in [0.15, 0.2) is 32.0 Å². The standard InChI is InChI=1S/C11H15Br2NO2S/c1-11(2,3)7-14-17(15,16)10-6-8(12)4-5-9(10)13/h4-6,14H,7H2,1-3H3. The summed E-state index contributed by atoms with van der Waals surface area (Å²) in [4.78, 5) is 0.246. The predicted octanol–water partition coefficient (Wildman–Crippen LogP) is 3.54. The molecule has 0 atom stereocenters. The second-order valence-corrected chi connectivity index (χ2v) is 8.47. The molecule has 6 heteroatoms. The largest absolute Gasteiger partial charge is 0.241 e. The third-order valence-electron chi connectivity index (χ3n) is 1.98. The van der Waals surface area contributed by atoms with Crippen molar-refractivity contribution in [3.8, 4) is 0 Å².